The first kappa shape index (κ1) is 24.0. The van der Waals surface area contributed by atoms with Crippen LogP contribution in [0.15, 0.2) is 78.9 Å². The van der Waals surface area contributed by atoms with E-state index in [2.05, 4.69) is 10.6 Å². The lowest BCUT2D eigenvalue weighted by Gasteiger charge is -2.12. The Morgan fingerprint density at radius 2 is 1.46 bits per heavy atom. The maximum absolute atomic E-state index is 12.9. The number of aromatic nitrogens is 2. The number of amides is 2. The minimum atomic E-state index is -0.154. The van der Waals surface area contributed by atoms with Gasteiger partial charge in [0, 0.05) is 24.1 Å². The summed E-state index contributed by atoms with van der Waals surface area (Å²) in [6.07, 6.45) is 0.943. The van der Waals surface area contributed by atoms with E-state index in [9.17, 15) is 9.59 Å². The van der Waals surface area contributed by atoms with Gasteiger partial charge in [0.2, 0.25) is 11.8 Å². The normalized spacial score (nSPS) is 10.7. The Kier molecular flexibility index (Phi) is 7.41. The van der Waals surface area contributed by atoms with Gasteiger partial charge in [0.05, 0.1) is 11.4 Å². The second kappa shape index (κ2) is 10.8. The summed E-state index contributed by atoms with van der Waals surface area (Å²) in [7, 11) is 0. The first-order valence-corrected chi connectivity index (χ1v) is 11.8. The number of nitrogens with one attached hydrogen (secondary N) is 2. The van der Waals surface area contributed by atoms with Crippen LogP contribution in [0.2, 0.25) is 0 Å². The fraction of sp³-hybridized carbons (Fsp3) is 0.207. The van der Waals surface area contributed by atoms with Crippen LogP contribution in [0.3, 0.4) is 0 Å². The molecule has 3 aromatic carbocycles. The van der Waals surface area contributed by atoms with Crippen molar-refractivity contribution in [1.29, 1.82) is 0 Å². The summed E-state index contributed by atoms with van der Waals surface area (Å²) in [5.74, 6) is 0.375. The Balaban J connectivity index is 1.48. The molecule has 1 aromatic heterocycles. The van der Waals surface area contributed by atoms with E-state index >= 15 is 0 Å². The van der Waals surface area contributed by atoms with E-state index < -0.39 is 0 Å². The van der Waals surface area contributed by atoms with Crippen molar-refractivity contribution in [3.63, 3.8) is 0 Å². The van der Waals surface area contributed by atoms with Crippen LogP contribution in [0, 0.1) is 20.8 Å². The molecule has 0 spiro atoms. The Hall–Kier alpha value is -4.19. The fourth-order valence-corrected chi connectivity index (χ4v) is 4.00. The van der Waals surface area contributed by atoms with Crippen molar-refractivity contribution in [2.45, 2.75) is 40.0 Å². The summed E-state index contributed by atoms with van der Waals surface area (Å²) in [6, 6.07) is 25.6. The molecule has 0 unspecified atom stereocenters. The first-order chi connectivity index (χ1) is 16.9. The van der Waals surface area contributed by atoms with Gasteiger partial charge in [-0.1, -0.05) is 60.2 Å². The second-order valence-electron chi connectivity index (χ2n) is 8.74. The van der Waals surface area contributed by atoms with Crippen LogP contribution in [0.1, 0.15) is 36.1 Å². The van der Waals surface area contributed by atoms with Crippen LogP contribution in [0.4, 0.5) is 11.5 Å². The van der Waals surface area contributed by atoms with Gasteiger partial charge in [-0.05, 0) is 62.6 Å². The van der Waals surface area contributed by atoms with Crippen molar-refractivity contribution in [2.24, 2.45) is 0 Å². The van der Waals surface area contributed by atoms with Gasteiger partial charge < -0.3 is 10.6 Å². The zero-order valence-corrected chi connectivity index (χ0v) is 20.3. The Bertz CT molecular complexity index is 1320. The Morgan fingerprint density at radius 1 is 0.771 bits per heavy atom. The standard InChI is InChI=1S/C29H30N4O2/c1-20-15-17-24(18-16-20)30-26(34)13-8-14-27(35)31-29-28(23-10-5-4-6-11-23)22(3)32-33(29)25-12-7-9-21(2)19-25/h4-7,9-12,15-19H,8,13-14H2,1-3H3,(H,30,34)(H,31,35). The van der Waals surface area contributed by atoms with E-state index in [4.69, 9.17) is 5.10 Å². The van der Waals surface area contributed by atoms with Gasteiger partial charge in [-0.25, -0.2) is 4.68 Å². The number of nitrogens with zero attached hydrogens (tertiary/aromatic N) is 2. The van der Waals surface area contributed by atoms with E-state index in [-0.39, 0.29) is 24.7 Å². The highest BCUT2D eigenvalue weighted by Crippen LogP contribution is 2.33. The van der Waals surface area contributed by atoms with E-state index in [0.717, 1.165) is 39.3 Å². The number of anilines is 2. The molecule has 0 atom stereocenters. The molecule has 0 saturated carbocycles. The molecule has 35 heavy (non-hydrogen) atoms. The molecule has 6 nitrogen and oxygen atoms in total. The van der Waals surface area contributed by atoms with Crippen LogP contribution in [0.5, 0.6) is 0 Å². The molecule has 4 aromatic rings. The third-order valence-electron chi connectivity index (χ3n) is 5.77. The predicted molar refractivity (Wildman–Crippen MR) is 141 cm³/mol. The molecule has 2 N–H and O–H groups in total. The van der Waals surface area contributed by atoms with Crippen molar-refractivity contribution in [1.82, 2.24) is 9.78 Å². The number of hydrogen-bond donors (Lipinski definition) is 2. The highest BCUT2D eigenvalue weighted by atomic mass is 16.2. The van der Waals surface area contributed by atoms with Crippen molar-refractivity contribution in [2.75, 3.05) is 10.6 Å². The Morgan fingerprint density at radius 3 is 2.14 bits per heavy atom. The van der Waals surface area contributed by atoms with Gasteiger partial charge in [0.25, 0.3) is 0 Å². The Labute approximate surface area is 206 Å². The summed E-state index contributed by atoms with van der Waals surface area (Å²) in [5.41, 5.74) is 6.57. The summed E-state index contributed by atoms with van der Waals surface area (Å²) in [5, 5.41) is 10.7. The van der Waals surface area contributed by atoms with Crippen LogP contribution >= 0.6 is 0 Å². The van der Waals surface area contributed by atoms with E-state index in [1.165, 1.54) is 0 Å². The van der Waals surface area contributed by atoms with Gasteiger partial charge in [-0.3, -0.25) is 9.59 Å². The van der Waals surface area contributed by atoms with Crippen molar-refractivity contribution in [3.8, 4) is 16.8 Å². The number of carbonyl (C=O) groups is 2. The molecule has 0 aliphatic heterocycles. The molecular weight excluding hydrogens is 436 g/mol. The van der Waals surface area contributed by atoms with Crippen molar-refractivity contribution in [3.05, 3.63) is 95.7 Å². The molecule has 0 bridgehead atoms. The number of carbonyl (C=O) groups excluding carboxylic acids is 2. The zero-order valence-electron chi connectivity index (χ0n) is 20.3. The quantitative estimate of drug-likeness (QED) is 0.324. The van der Waals surface area contributed by atoms with Gasteiger partial charge >= 0.3 is 0 Å². The van der Waals surface area contributed by atoms with Crippen molar-refractivity contribution >= 4 is 23.3 Å². The molecule has 0 fully saturated rings. The van der Waals surface area contributed by atoms with E-state index in [1.807, 2.05) is 99.6 Å². The number of rotatable bonds is 8. The lowest BCUT2D eigenvalue weighted by atomic mass is 10.1. The molecule has 0 radical (unpaired) electrons. The number of aryl methyl sites for hydroxylation is 3. The smallest absolute Gasteiger partial charge is 0.225 e. The fourth-order valence-electron chi connectivity index (χ4n) is 4.00. The topological polar surface area (TPSA) is 76.0 Å². The molecule has 1 heterocycles. The number of hydrogen-bond acceptors (Lipinski definition) is 3. The summed E-state index contributed by atoms with van der Waals surface area (Å²) in [6.45, 7) is 5.97. The molecule has 2 amide bonds. The molecule has 0 aliphatic rings. The molecule has 178 valence electrons. The highest BCUT2D eigenvalue weighted by molar-refractivity contribution is 5.96. The average molecular weight is 467 g/mol. The molecule has 0 aliphatic carbocycles. The largest absolute Gasteiger partial charge is 0.326 e. The van der Waals surface area contributed by atoms with Gasteiger partial charge in [-0.2, -0.15) is 5.10 Å². The van der Waals surface area contributed by atoms with Gasteiger partial charge in [0.15, 0.2) is 0 Å². The van der Waals surface area contributed by atoms with E-state index in [0.29, 0.717) is 12.2 Å². The maximum Gasteiger partial charge on any atom is 0.225 e. The highest BCUT2D eigenvalue weighted by Gasteiger charge is 2.20. The predicted octanol–water partition coefficient (Wildman–Crippen LogP) is 6.21. The first-order valence-electron chi connectivity index (χ1n) is 11.8. The van der Waals surface area contributed by atoms with Crippen LogP contribution in [-0.4, -0.2) is 21.6 Å². The SMILES string of the molecule is Cc1ccc(NC(=O)CCCC(=O)Nc2c(-c3ccccc3)c(C)nn2-c2cccc(C)c2)cc1. The third kappa shape index (κ3) is 6.03. The van der Waals surface area contributed by atoms with Crippen LogP contribution in [0.25, 0.3) is 16.8 Å². The molecule has 6 heteroatoms. The van der Waals surface area contributed by atoms with Gasteiger partial charge in [-0.15, -0.1) is 0 Å². The maximum atomic E-state index is 12.9. The lowest BCUT2D eigenvalue weighted by Crippen LogP contribution is -2.17. The molecular formula is C29H30N4O2. The summed E-state index contributed by atoms with van der Waals surface area (Å²) in [4.78, 5) is 25.2. The third-order valence-corrected chi connectivity index (χ3v) is 5.77. The van der Waals surface area contributed by atoms with E-state index in [1.54, 1.807) is 4.68 Å². The minimum absolute atomic E-state index is 0.104. The average Bonchev–Trinajstić information content (AvgIpc) is 3.16. The molecule has 0 saturated heterocycles. The summed E-state index contributed by atoms with van der Waals surface area (Å²) < 4.78 is 1.78. The van der Waals surface area contributed by atoms with Crippen LogP contribution in [-0.2, 0) is 9.59 Å². The number of benzene rings is 3. The zero-order chi connectivity index (χ0) is 24.8. The second-order valence-corrected chi connectivity index (χ2v) is 8.74. The molecule has 4 rings (SSSR count). The minimum Gasteiger partial charge on any atom is -0.326 e. The van der Waals surface area contributed by atoms with Crippen LogP contribution < -0.4 is 10.6 Å². The van der Waals surface area contributed by atoms with Gasteiger partial charge in [0.1, 0.15) is 5.82 Å². The lowest BCUT2D eigenvalue weighted by molar-refractivity contribution is -0.117. The monoisotopic (exact) mass is 466 g/mol. The summed E-state index contributed by atoms with van der Waals surface area (Å²) >= 11 is 0. The van der Waals surface area contributed by atoms with Crippen molar-refractivity contribution < 1.29 is 9.59 Å².